The summed E-state index contributed by atoms with van der Waals surface area (Å²) in [5.41, 5.74) is 0. The molecule has 1 fully saturated rings. The fourth-order valence-electron chi connectivity index (χ4n) is 1.11. The quantitative estimate of drug-likeness (QED) is 0.432. The zero-order valence-electron chi connectivity index (χ0n) is 7.81. The van der Waals surface area contributed by atoms with E-state index in [4.69, 9.17) is 4.74 Å². The molecule has 0 saturated heterocycles. The minimum Gasteiger partial charge on any atom is -0.454 e. The molecule has 0 atom stereocenters. The van der Waals surface area contributed by atoms with E-state index >= 15 is 0 Å². The second-order valence-corrected chi connectivity index (χ2v) is 4.31. The molecule has 0 spiro atoms. The number of hydrogen-bond acceptors (Lipinski definition) is 3. The predicted octanol–water partition coefficient (Wildman–Crippen LogP) is 2.69. The predicted molar refractivity (Wildman–Crippen MR) is 56.0 cm³/mol. The molecule has 14 heavy (non-hydrogen) atoms. The van der Waals surface area contributed by atoms with Gasteiger partial charge in [0.15, 0.2) is 0 Å². The average molecular weight is 208 g/mol. The fourth-order valence-corrected chi connectivity index (χ4v) is 1.77. The van der Waals surface area contributed by atoms with Crippen molar-refractivity contribution in [3.63, 3.8) is 0 Å². The Morgan fingerprint density at radius 2 is 2.07 bits per heavy atom. The third kappa shape index (κ3) is 2.77. The van der Waals surface area contributed by atoms with Gasteiger partial charge in [0, 0.05) is 4.90 Å². The van der Waals surface area contributed by atoms with Crippen molar-refractivity contribution in [3.8, 4) is 0 Å². The van der Waals surface area contributed by atoms with Crippen molar-refractivity contribution in [2.75, 3.05) is 5.94 Å². The van der Waals surface area contributed by atoms with Gasteiger partial charge in [-0.1, -0.05) is 30.0 Å². The Hall–Kier alpha value is -0.960. The summed E-state index contributed by atoms with van der Waals surface area (Å²) >= 11 is 1.55. The molecule has 74 valence electrons. The number of carbonyl (C=O) groups excluding carboxylic acids is 1. The molecule has 1 aliphatic rings. The Morgan fingerprint density at radius 1 is 1.36 bits per heavy atom. The van der Waals surface area contributed by atoms with Gasteiger partial charge >= 0.3 is 5.97 Å². The van der Waals surface area contributed by atoms with Gasteiger partial charge in [-0.3, -0.25) is 4.79 Å². The molecular weight excluding hydrogens is 196 g/mol. The van der Waals surface area contributed by atoms with Gasteiger partial charge in [-0.05, 0) is 25.0 Å². The van der Waals surface area contributed by atoms with Crippen LogP contribution in [-0.4, -0.2) is 11.9 Å². The van der Waals surface area contributed by atoms with Crippen LogP contribution in [0.1, 0.15) is 12.8 Å². The number of carbonyl (C=O) groups is 1. The molecule has 1 aromatic rings. The number of thioether (sulfide) groups is 1. The van der Waals surface area contributed by atoms with Crippen LogP contribution < -0.4 is 0 Å². The van der Waals surface area contributed by atoms with Crippen LogP contribution >= 0.6 is 11.8 Å². The minimum atomic E-state index is -0.0339. The lowest BCUT2D eigenvalue weighted by Crippen LogP contribution is -2.05. The van der Waals surface area contributed by atoms with Crippen molar-refractivity contribution in [3.05, 3.63) is 30.3 Å². The van der Waals surface area contributed by atoms with Gasteiger partial charge in [-0.2, -0.15) is 0 Å². The highest BCUT2D eigenvalue weighted by atomic mass is 32.2. The Balaban J connectivity index is 1.70. The van der Waals surface area contributed by atoms with E-state index < -0.39 is 0 Å². The molecule has 1 aliphatic carbocycles. The Morgan fingerprint density at radius 3 is 2.71 bits per heavy atom. The van der Waals surface area contributed by atoms with Crippen molar-refractivity contribution >= 4 is 17.7 Å². The number of benzene rings is 1. The van der Waals surface area contributed by atoms with Crippen molar-refractivity contribution in [1.82, 2.24) is 0 Å². The van der Waals surface area contributed by atoms with E-state index in [9.17, 15) is 4.79 Å². The topological polar surface area (TPSA) is 26.3 Å². The van der Waals surface area contributed by atoms with Crippen LogP contribution in [0.3, 0.4) is 0 Å². The Kier molecular flexibility index (Phi) is 3.09. The lowest BCUT2D eigenvalue weighted by molar-refractivity contribution is -0.142. The molecule has 0 amide bonds. The van der Waals surface area contributed by atoms with Crippen molar-refractivity contribution < 1.29 is 9.53 Å². The van der Waals surface area contributed by atoms with Gasteiger partial charge < -0.3 is 4.74 Å². The van der Waals surface area contributed by atoms with Gasteiger partial charge in [0.05, 0.1) is 5.92 Å². The van der Waals surface area contributed by atoms with Crippen LogP contribution in [0.25, 0.3) is 0 Å². The molecule has 0 aliphatic heterocycles. The highest BCUT2D eigenvalue weighted by Crippen LogP contribution is 2.30. The number of ether oxygens (including phenoxy) is 1. The van der Waals surface area contributed by atoms with Gasteiger partial charge in [0.25, 0.3) is 0 Å². The largest absolute Gasteiger partial charge is 0.454 e. The molecule has 0 unspecified atom stereocenters. The van der Waals surface area contributed by atoms with Crippen LogP contribution in [0.15, 0.2) is 35.2 Å². The van der Waals surface area contributed by atoms with E-state index in [1.165, 1.54) is 0 Å². The van der Waals surface area contributed by atoms with Gasteiger partial charge in [-0.15, -0.1) is 0 Å². The van der Waals surface area contributed by atoms with Gasteiger partial charge in [0.1, 0.15) is 5.94 Å². The van der Waals surface area contributed by atoms with E-state index in [1.54, 1.807) is 11.8 Å². The highest BCUT2D eigenvalue weighted by Gasteiger charge is 2.31. The second-order valence-electron chi connectivity index (χ2n) is 3.31. The molecule has 2 rings (SSSR count). The lowest BCUT2D eigenvalue weighted by Gasteiger charge is -2.02. The summed E-state index contributed by atoms with van der Waals surface area (Å²) in [6.07, 6.45) is 2.02. The summed E-state index contributed by atoms with van der Waals surface area (Å²) in [6, 6.07) is 9.95. The van der Waals surface area contributed by atoms with E-state index in [2.05, 4.69) is 0 Å². The Bertz CT molecular complexity index is 306. The molecule has 0 aromatic heterocycles. The summed E-state index contributed by atoms with van der Waals surface area (Å²) in [7, 11) is 0. The monoisotopic (exact) mass is 208 g/mol. The molecule has 2 nitrogen and oxygen atoms in total. The summed E-state index contributed by atoms with van der Waals surface area (Å²) in [4.78, 5) is 12.3. The zero-order chi connectivity index (χ0) is 9.80. The molecule has 0 bridgehead atoms. The summed E-state index contributed by atoms with van der Waals surface area (Å²) in [5.74, 6) is 0.596. The first kappa shape index (κ1) is 9.59. The first-order valence-electron chi connectivity index (χ1n) is 4.71. The lowest BCUT2D eigenvalue weighted by atomic mass is 10.4. The third-order valence-corrected chi connectivity index (χ3v) is 2.92. The minimum absolute atomic E-state index is 0.0339. The van der Waals surface area contributed by atoms with E-state index in [0.717, 1.165) is 17.7 Å². The third-order valence-electron chi connectivity index (χ3n) is 2.08. The van der Waals surface area contributed by atoms with Crippen molar-refractivity contribution in [1.29, 1.82) is 0 Å². The number of hydrogen-bond donors (Lipinski definition) is 0. The average Bonchev–Trinajstić information content (AvgIpc) is 3.02. The first-order valence-corrected chi connectivity index (χ1v) is 5.69. The summed E-state index contributed by atoms with van der Waals surface area (Å²) in [6.45, 7) is 0. The molecule has 0 heterocycles. The Labute approximate surface area is 87.6 Å². The second kappa shape index (κ2) is 4.51. The molecule has 1 aromatic carbocycles. The summed E-state index contributed by atoms with van der Waals surface area (Å²) < 4.78 is 5.09. The first-order chi connectivity index (χ1) is 6.86. The fraction of sp³-hybridized carbons (Fsp3) is 0.364. The van der Waals surface area contributed by atoms with Crippen molar-refractivity contribution in [2.45, 2.75) is 17.7 Å². The number of esters is 1. The van der Waals surface area contributed by atoms with Crippen molar-refractivity contribution in [2.24, 2.45) is 5.92 Å². The highest BCUT2D eigenvalue weighted by molar-refractivity contribution is 7.99. The standard InChI is InChI=1S/C11H12O2S/c12-11(9-6-7-9)13-8-14-10-4-2-1-3-5-10/h1-5,9H,6-8H2. The maximum absolute atomic E-state index is 11.2. The SMILES string of the molecule is O=C(OCSc1ccccc1)C1CC1. The van der Waals surface area contributed by atoms with Crippen LogP contribution in [-0.2, 0) is 9.53 Å². The van der Waals surface area contributed by atoms with E-state index in [1.807, 2.05) is 30.3 Å². The van der Waals surface area contributed by atoms with Gasteiger partial charge in [-0.25, -0.2) is 0 Å². The van der Waals surface area contributed by atoms with Crippen LogP contribution in [0.2, 0.25) is 0 Å². The summed E-state index contributed by atoms with van der Waals surface area (Å²) in [5, 5.41) is 0. The van der Waals surface area contributed by atoms with Gasteiger partial charge in [0.2, 0.25) is 0 Å². The van der Waals surface area contributed by atoms with Crippen LogP contribution in [0, 0.1) is 5.92 Å². The molecular formula is C11H12O2S. The van der Waals surface area contributed by atoms with Crippen LogP contribution in [0.4, 0.5) is 0 Å². The molecule has 0 N–H and O–H groups in total. The maximum atomic E-state index is 11.2. The van der Waals surface area contributed by atoms with E-state index in [-0.39, 0.29) is 11.9 Å². The van der Waals surface area contributed by atoms with Crippen LogP contribution in [0.5, 0.6) is 0 Å². The maximum Gasteiger partial charge on any atom is 0.309 e. The molecule has 1 saturated carbocycles. The normalized spacial score (nSPS) is 15.1. The zero-order valence-corrected chi connectivity index (χ0v) is 8.63. The molecule has 0 radical (unpaired) electrons. The smallest absolute Gasteiger partial charge is 0.309 e. The van der Waals surface area contributed by atoms with E-state index in [0.29, 0.717) is 5.94 Å². The number of rotatable bonds is 4. The molecule has 3 heteroatoms.